The number of piperidine rings is 2. The molecule has 2 fully saturated rings. The lowest BCUT2D eigenvalue weighted by Crippen LogP contribution is -2.54. The molecule has 0 saturated carbocycles. The number of allylic oxidation sites excluding steroid dienone is 1. The van der Waals surface area contributed by atoms with Crippen molar-refractivity contribution < 1.29 is 14.3 Å². The van der Waals surface area contributed by atoms with E-state index >= 15 is 0 Å². The van der Waals surface area contributed by atoms with Crippen molar-refractivity contribution >= 4 is 28.2 Å². The van der Waals surface area contributed by atoms with Crippen molar-refractivity contribution in [3.8, 4) is 11.5 Å². The van der Waals surface area contributed by atoms with E-state index in [1.54, 1.807) is 13.4 Å². The van der Waals surface area contributed by atoms with Gasteiger partial charge in [0.15, 0.2) is 17.3 Å². The maximum Gasteiger partial charge on any atom is 0.162 e. The van der Waals surface area contributed by atoms with E-state index in [-0.39, 0.29) is 29.9 Å². The third-order valence-electron chi connectivity index (χ3n) is 7.92. The average Bonchev–Trinajstić information content (AvgIpc) is 3.37. The van der Waals surface area contributed by atoms with Crippen LogP contribution in [-0.4, -0.2) is 41.0 Å². The topological polar surface area (TPSA) is 85.4 Å². The predicted molar refractivity (Wildman–Crippen MR) is 140 cm³/mol. The summed E-state index contributed by atoms with van der Waals surface area (Å²) in [5.74, 6) is 2.35. The second-order valence-electron chi connectivity index (χ2n) is 10.2. The molecule has 2 saturated heterocycles. The number of ether oxygens (including phenoxy) is 2. The number of rotatable bonds is 7. The number of carbonyl (C=O) groups excluding carboxylic acids is 1. The molecule has 186 valence electrons. The van der Waals surface area contributed by atoms with E-state index in [4.69, 9.17) is 9.47 Å². The van der Waals surface area contributed by atoms with E-state index in [0.717, 1.165) is 60.9 Å². The number of ketones is 1. The van der Waals surface area contributed by atoms with Gasteiger partial charge >= 0.3 is 0 Å². The van der Waals surface area contributed by atoms with Gasteiger partial charge in [-0.1, -0.05) is 18.7 Å². The van der Waals surface area contributed by atoms with Gasteiger partial charge in [-0.25, -0.2) is 9.97 Å². The van der Waals surface area contributed by atoms with Crippen LogP contribution >= 0.6 is 0 Å². The Labute approximate surface area is 211 Å². The Morgan fingerprint density at radius 3 is 2.72 bits per heavy atom. The molecule has 2 aliphatic heterocycles. The SMILES string of the molecule is C=CC(=O)C1CC2CC(Oc3cc4c(Nc5cccc6c5CCC6)ncnc4cc3OC)CC(C1)N2. The summed E-state index contributed by atoms with van der Waals surface area (Å²) < 4.78 is 12.3. The predicted octanol–water partition coefficient (Wildman–Crippen LogP) is 4.90. The number of aromatic nitrogens is 2. The monoisotopic (exact) mass is 484 g/mol. The number of aryl methyl sites for hydroxylation is 1. The zero-order valence-corrected chi connectivity index (χ0v) is 20.6. The van der Waals surface area contributed by atoms with Gasteiger partial charge in [-0.3, -0.25) is 4.79 Å². The van der Waals surface area contributed by atoms with Gasteiger partial charge in [0.1, 0.15) is 18.2 Å². The molecule has 2 aromatic carbocycles. The molecule has 1 aromatic heterocycles. The average molecular weight is 485 g/mol. The first-order chi connectivity index (χ1) is 17.6. The van der Waals surface area contributed by atoms with E-state index < -0.39 is 0 Å². The van der Waals surface area contributed by atoms with Gasteiger partial charge in [0.2, 0.25) is 0 Å². The molecule has 2 bridgehead atoms. The zero-order valence-electron chi connectivity index (χ0n) is 20.6. The van der Waals surface area contributed by atoms with Crippen LogP contribution in [0.4, 0.5) is 11.5 Å². The van der Waals surface area contributed by atoms with Crippen molar-refractivity contribution in [2.75, 3.05) is 12.4 Å². The number of nitrogens with zero attached hydrogens (tertiary/aromatic N) is 2. The number of hydrogen-bond acceptors (Lipinski definition) is 7. The van der Waals surface area contributed by atoms with Crippen LogP contribution in [0.1, 0.15) is 43.2 Å². The Balaban J connectivity index is 1.27. The van der Waals surface area contributed by atoms with Crippen LogP contribution in [0.15, 0.2) is 49.3 Å². The van der Waals surface area contributed by atoms with E-state index in [9.17, 15) is 4.79 Å². The number of benzene rings is 2. The second kappa shape index (κ2) is 9.54. The van der Waals surface area contributed by atoms with E-state index in [2.05, 4.69) is 45.4 Å². The highest BCUT2D eigenvalue weighted by atomic mass is 16.5. The molecular formula is C29H32N4O3. The van der Waals surface area contributed by atoms with Crippen molar-refractivity contribution in [2.45, 2.75) is 63.1 Å². The summed E-state index contributed by atoms with van der Waals surface area (Å²) in [6.07, 6.45) is 9.88. The second-order valence-corrected chi connectivity index (χ2v) is 10.2. The lowest BCUT2D eigenvalue weighted by Gasteiger charge is -2.43. The van der Waals surface area contributed by atoms with Gasteiger partial charge in [0.05, 0.1) is 12.6 Å². The quantitative estimate of drug-likeness (QED) is 0.461. The van der Waals surface area contributed by atoms with Gasteiger partial charge in [-0.15, -0.1) is 0 Å². The highest BCUT2D eigenvalue weighted by Gasteiger charge is 2.38. The number of hydrogen-bond donors (Lipinski definition) is 2. The van der Waals surface area contributed by atoms with Crippen molar-refractivity contribution in [1.82, 2.24) is 15.3 Å². The number of methoxy groups -OCH3 is 1. The maximum absolute atomic E-state index is 12.2. The number of anilines is 2. The largest absolute Gasteiger partial charge is 0.493 e. The van der Waals surface area contributed by atoms with Crippen LogP contribution in [-0.2, 0) is 17.6 Å². The molecule has 3 aliphatic rings. The van der Waals surface area contributed by atoms with Gasteiger partial charge in [0.25, 0.3) is 0 Å². The van der Waals surface area contributed by atoms with Crippen LogP contribution in [0, 0.1) is 5.92 Å². The van der Waals surface area contributed by atoms with Crippen molar-refractivity contribution in [2.24, 2.45) is 5.92 Å². The number of nitrogens with one attached hydrogen (secondary N) is 2. The van der Waals surface area contributed by atoms with Crippen LogP contribution in [0.5, 0.6) is 11.5 Å². The summed E-state index contributed by atoms with van der Waals surface area (Å²) in [5.41, 5.74) is 4.71. The third kappa shape index (κ3) is 4.32. The highest BCUT2D eigenvalue weighted by Crippen LogP contribution is 2.39. The first kappa shape index (κ1) is 23.0. The molecule has 0 spiro atoms. The Bertz CT molecular complexity index is 1310. The minimum Gasteiger partial charge on any atom is -0.493 e. The molecule has 2 N–H and O–H groups in total. The Kier molecular flexibility index (Phi) is 6.09. The van der Waals surface area contributed by atoms with Crippen LogP contribution in [0.25, 0.3) is 10.9 Å². The summed E-state index contributed by atoms with van der Waals surface area (Å²) in [5, 5.41) is 8.13. The van der Waals surface area contributed by atoms with Crippen LogP contribution < -0.4 is 20.1 Å². The number of carbonyl (C=O) groups is 1. The molecule has 0 amide bonds. The Morgan fingerprint density at radius 1 is 1.11 bits per heavy atom. The normalized spacial score (nSPS) is 24.7. The molecule has 3 heterocycles. The van der Waals surface area contributed by atoms with E-state index in [1.807, 2.05) is 12.1 Å². The fourth-order valence-corrected chi connectivity index (χ4v) is 6.27. The first-order valence-corrected chi connectivity index (χ1v) is 12.9. The molecule has 6 rings (SSSR count). The number of fused-ring (bicyclic) bond motifs is 4. The molecule has 7 nitrogen and oxygen atoms in total. The summed E-state index contributed by atoms with van der Waals surface area (Å²) in [7, 11) is 1.66. The van der Waals surface area contributed by atoms with Gasteiger partial charge < -0.3 is 20.1 Å². The molecule has 2 atom stereocenters. The third-order valence-corrected chi connectivity index (χ3v) is 7.92. The van der Waals surface area contributed by atoms with Crippen LogP contribution in [0.2, 0.25) is 0 Å². The summed E-state index contributed by atoms with van der Waals surface area (Å²) >= 11 is 0. The maximum atomic E-state index is 12.2. The van der Waals surface area contributed by atoms with E-state index in [0.29, 0.717) is 11.5 Å². The molecule has 2 unspecified atom stereocenters. The van der Waals surface area contributed by atoms with Crippen molar-refractivity contribution in [1.29, 1.82) is 0 Å². The lowest BCUT2D eigenvalue weighted by molar-refractivity contribution is -0.120. The first-order valence-electron chi connectivity index (χ1n) is 12.9. The van der Waals surface area contributed by atoms with Gasteiger partial charge in [0, 0.05) is 35.1 Å². The lowest BCUT2D eigenvalue weighted by atomic mass is 9.77. The minimum absolute atomic E-state index is 0.0471. The molecule has 36 heavy (non-hydrogen) atoms. The van der Waals surface area contributed by atoms with Crippen molar-refractivity contribution in [3.63, 3.8) is 0 Å². The molecule has 1 aliphatic carbocycles. The van der Waals surface area contributed by atoms with E-state index in [1.165, 1.54) is 23.6 Å². The molecule has 0 radical (unpaired) electrons. The fraction of sp³-hybridized carbons (Fsp3) is 0.414. The smallest absolute Gasteiger partial charge is 0.162 e. The standard InChI is InChI=1S/C29H32N4O3/c1-3-26(34)18-10-19-12-21(13-20(11-18)32-19)36-28-14-23-25(15-27(28)35-2)30-16-31-29(23)33-24-9-5-7-17-6-4-8-22(17)24/h3,5,7,9,14-16,18-21,32H,1,4,6,8,10-13H2,2H3,(H,30,31,33). The van der Waals surface area contributed by atoms with Crippen molar-refractivity contribution in [3.05, 3.63) is 60.4 Å². The van der Waals surface area contributed by atoms with Crippen LogP contribution in [0.3, 0.4) is 0 Å². The summed E-state index contributed by atoms with van der Waals surface area (Å²) in [6, 6.07) is 10.9. The molecule has 3 aromatic rings. The Morgan fingerprint density at radius 2 is 1.94 bits per heavy atom. The molecular weight excluding hydrogens is 452 g/mol. The van der Waals surface area contributed by atoms with Gasteiger partial charge in [-0.05, 0) is 74.3 Å². The summed E-state index contributed by atoms with van der Waals surface area (Å²) in [4.78, 5) is 21.3. The molecule has 7 heteroatoms. The fourth-order valence-electron chi connectivity index (χ4n) is 6.27. The minimum atomic E-state index is 0.0471. The Hall–Kier alpha value is -3.45. The zero-order chi connectivity index (χ0) is 24.6. The summed E-state index contributed by atoms with van der Waals surface area (Å²) in [6.45, 7) is 3.67. The van der Waals surface area contributed by atoms with Gasteiger partial charge in [-0.2, -0.15) is 0 Å². The highest BCUT2D eigenvalue weighted by molar-refractivity contribution is 5.93.